The predicted molar refractivity (Wildman–Crippen MR) is 87.5 cm³/mol. The van der Waals surface area contributed by atoms with E-state index in [1.807, 2.05) is 4.90 Å². The lowest BCUT2D eigenvalue weighted by Crippen LogP contribution is -2.60. The number of hydrogen-bond acceptors (Lipinski definition) is 5. The summed E-state index contributed by atoms with van der Waals surface area (Å²) in [7, 11) is -3.31. The van der Waals surface area contributed by atoms with Crippen LogP contribution in [0.4, 0.5) is 4.39 Å². The van der Waals surface area contributed by atoms with E-state index in [-0.39, 0.29) is 36.6 Å². The van der Waals surface area contributed by atoms with Crippen LogP contribution in [0, 0.1) is 5.82 Å². The van der Waals surface area contributed by atoms with Crippen LogP contribution in [-0.2, 0) is 14.6 Å². The molecule has 2 saturated heterocycles. The molecular weight excluding hydrogens is 351 g/mol. The minimum absolute atomic E-state index is 0.0822. The van der Waals surface area contributed by atoms with Gasteiger partial charge in [-0.1, -0.05) is 6.07 Å². The van der Waals surface area contributed by atoms with Gasteiger partial charge in [-0.25, -0.2) is 12.8 Å². The quantitative estimate of drug-likeness (QED) is 0.815. The molecule has 1 aromatic rings. The van der Waals surface area contributed by atoms with Crippen molar-refractivity contribution in [2.75, 3.05) is 31.1 Å². The summed E-state index contributed by atoms with van der Waals surface area (Å²) in [4.78, 5) is 26.9. The van der Waals surface area contributed by atoms with Crippen molar-refractivity contribution in [3.8, 4) is 0 Å². The van der Waals surface area contributed by atoms with Gasteiger partial charge in [0.05, 0.1) is 24.0 Å². The predicted octanol–water partition coefficient (Wildman–Crippen LogP) is 0.224. The fourth-order valence-corrected chi connectivity index (χ4v) is 5.59. The normalized spacial score (nSPS) is 25.6. The Morgan fingerprint density at radius 3 is 2.60 bits per heavy atom. The van der Waals surface area contributed by atoms with Gasteiger partial charge < -0.3 is 10.0 Å². The Bertz CT molecular complexity index is 797. The lowest BCUT2D eigenvalue weighted by Gasteiger charge is -2.43. The molecule has 0 unspecified atom stereocenters. The maximum Gasteiger partial charge on any atom is 0.304 e. The Hall–Kier alpha value is -2.00. The average molecular weight is 370 g/mol. The van der Waals surface area contributed by atoms with Crippen LogP contribution in [0.1, 0.15) is 16.8 Å². The molecule has 0 radical (unpaired) electrons. The summed E-state index contributed by atoms with van der Waals surface area (Å²) in [6, 6.07) is 4.36. The van der Waals surface area contributed by atoms with Gasteiger partial charge in [0.15, 0.2) is 9.84 Å². The first-order chi connectivity index (χ1) is 11.8. The second-order valence-corrected chi connectivity index (χ2v) is 8.55. The summed E-state index contributed by atoms with van der Waals surface area (Å²) >= 11 is 0. The minimum Gasteiger partial charge on any atom is -0.481 e. The van der Waals surface area contributed by atoms with Gasteiger partial charge in [-0.3, -0.25) is 14.5 Å². The second kappa shape index (κ2) is 6.72. The van der Waals surface area contributed by atoms with E-state index in [1.54, 1.807) is 0 Å². The number of sulfone groups is 1. The number of carbonyl (C=O) groups is 2. The molecule has 0 saturated carbocycles. The zero-order valence-corrected chi connectivity index (χ0v) is 14.3. The first-order valence-electron chi connectivity index (χ1n) is 7.99. The molecule has 1 aromatic carbocycles. The molecule has 0 aromatic heterocycles. The van der Waals surface area contributed by atoms with Gasteiger partial charge in [-0.2, -0.15) is 0 Å². The number of aliphatic carboxylic acids is 1. The summed E-state index contributed by atoms with van der Waals surface area (Å²) in [6.07, 6.45) is -0.0822. The van der Waals surface area contributed by atoms with E-state index in [2.05, 4.69) is 0 Å². The zero-order valence-electron chi connectivity index (χ0n) is 13.5. The van der Waals surface area contributed by atoms with Crippen LogP contribution in [0.5, 0.6) is 0 Å². The van der Waals surface area contributed by atoms with Crippen molar-refractivity contribution in [2.24, 2.45) is 0 Å². The smallest absolute Gasteiger partial charge is 0.304 e. The summed E-state index contributed by atoms with van der Waals surface area (Å²) < 4.78 is 37.6. The Morgan fingerprint density at radius 2 is 1.92 bits per heavy atom. The fraction of sp³-hybridized carbons (Fsp3) is 0.500. The van der Waals surface area contributed by atoms with E-state index in [4.69, 9.17) is 5.11 Å². The molecule has 136 valence electrons. The van der Waals surface area contributed by atoms with E-state index < -0.39 is 39.6 Å². The second-order valence-electron chi connectivity index (χ2n) is 6.40. The number of benzene rings is 1. The van der Waals surface area contributed by atoms with E-state index in [1.165, 1.54) is 23.1 Å². The number of piperazine rings is 1. The topological polar surface area (TPSA) is 95.0 Å². The van der Waals surface area contributed by atoms with Crippen LogP contribution in [0.2, 0.25) is 0 Å². The van der Waals surface area contributed by atoms with Crippen LogP contribution in [0.15, 0.2) is 24.3 Å². The third-order valence-corrected chi connectivity index (χ3v) is 6.44. The fourth-order valence-electron chi connectivity index (χ4n) is 3.58. The molecule has 2 aliphatic rings. The zero-order chi connectivity index (χ0) is 18.2. The third kappa shape index (κ3) is 3.82. The first-order valence-corrected chi connectivity index (χ1v) is 9.82. The van der Waals surface area contributed by atoms with E-state index in [0.29, 0.717) is 6.54 Å². The number of rotatable bonds is 4. The summed E-state index contributed by atoms with van der Waals surface area (Å²) in [5.41, 5.74) is 0.182. The summed E-state index contributed by atoms with van der Waals surface area (Å²) in [6.45, 7) is 0.921. The van der Waals surface area contributed by atoms with Gasteiger partial charge in [0.25, 0.3) is 5.91 Å². The highest BCUT2D eigenvalue weighted by molar-refractivity contribution is 7.91. The highest BCUT2D eigenvalue weighted by Crippen LogP contribution is 2.28. The number of carbonyl (C=O) groups excluding carboxylic acids is 1. The molecule has 9 heteroatoms. The van der Waals surface area contributed by atoms with Crippen LogP contribution < -0.4 is 0 Å². The number of halogens is 1. The highest BCUT2D eigenvalue weighted by atomic mass is 32.2. The molecule has 0 aliphatic carbocycles. The number of carboxylic acids is 1. The Labute approximate surface area is 144 Å². The standard InChI is InChI=1S/C16H19FN2O5S/c17-12-3-1-2-11(8-12)16(22)19-7-6-18(5-4-15(20)21)13-9-25(23,24)10-14(13)19/h1-3,8,13-14H,4-7,9-10H2,(H,20,21)/t13-,14+/m1/s1. The van der Waals surface area contributed by atoms with E-state index >= 15 is 0 Å². The molecule has 2 aliphatic heterocycles. The van der Waals surface area contributed by atoms with Crippen LogP contribution in [0.3, 0.4) is 0 Å². The van der Waals surface area contributed by atoms with Gasteiger partial charge in [0, 0.05) is 31.2 Å². The molecule has 0 bridgehead atoms. The van der Waals surface area contributed by atoms with Crippen molar-refractivity contribution in [1.82, 2.24) is 9.80 Å². The molecule has 25 heavy (non-hydrogen) atoms. The lowest BCUT2D eigenvalue weighted by molar-refractivity contribution is -0.137. The third-order valence-electron chi connectivity index (χ3n) is 4.74. The first kappa shape index (κ1) is 17.8. The van der Waals surface area contributed by atoms with Crippen molar-refractivity contribution in [2.45, 2.75) is 18.5 Å². The largest absolute Gasteiger partial charge is 0.481 e. The van der Waals surface area contributed by atoms with Crippen molar-refractivity contribution in [3.05, 3.63) is 35.6 Å². The molecule has 2 atom stereocenters. The number of fused-ring (bicyclic) bond motifs is 1. The van der Waals surface area contributed by atoms with Crippen LogP contribution in [0.25, 0.3) is 0 Å². The van der Waals surface area contributed by atoms with Crippen molar-refractivity contribution in [1.29, 1.82) is 0 Å². The number of amides is 1. The van der Waals surface area contributed by atoms with Gasteiger partial charge in [0.1, 0.15) is 5.82 Å². The van der Waals surface area contributed by atoms with Crippen LogP contribution >= 0.6 is 0 Å². The molecular formula is C16H19FN2O5S. The summed E-state index contributed by atoms with van der Waals surface area (Å²) in [5, 5.41) is 8.86. The Morgan fingerprint density at radius 1 is 1.20 bits per heavy atom. The Kier molecular flexibility index (Phi) is 4.79. The maximum atomic E-state index is 13.4. The number of carboxylic acid groups (broad SMARTS) is 1. The highest BCUT2D eigenvalue weighted by Gasteiger charge is 2.48. The summed E-state index contributed by atoms with van der Waals surface area (Å²) in [5.74, 6) is -2.12. The molecule has 2 fully saturated rings. The molecule has 1 amide bonds. The monoisotopic (exact) mass is 370 g/mol. The number of nitrogens with zero attached hydrogens (tertiary/aromatic N) is 2. The van der Waals surface area contributed by atoms with Crippen molar-refractivity contribution >= 4 is 21.7 Å². The van der Waals surface area contributed by atoms with Crippen molar-refractivity contribution < 1.29 is 27.5 Å². The van der Waals surface area contributed by atoms with Gasteiger partial charge >= 0.3 is 5.97 Å². The Balaban J connectivity index is 1.83. The van der Waals surface area contributed by atoms with Gasteiger partial charge in [0.2, 0.25) is 0 Å². The van der Waals surface area contributed by atoms with E-state index in [0.717, 1.165) is 6.07 Å². The number of hydrogen-bond donors (Lipinski definition) is 1. The van der Waals surface area contributed by atoms with Crippen molar-refractivity contribution in [3.63, 3.8) is 0 Å². The van der Waals surface area contributed by atoms with Crippen LogP contribution in [-0.4, -0.2) is 78.4 Å². The van der Waals surface area contributed by atoms with E-state index in [9.17, 15) is 22.4 Å². The maximum absolute atomic E-state index is 13.4. The SMILES string of the molecule is O=C(O)CCN1CCN(C(=O)c2cccc(F)c2)[C@H]2CS(=O)(=O)C[C@H]21. The minimum atomic E-state index is -3.31. The molecule has 3 rings (SSSR count). The van der Waals surface area contributed by atoms with Gasteiger partial charge in [-0.05, 0) is 18.2 Å². The molecule has 7 nitrogen and oxygen atoms in total. The van der Waals surface area contributed by atoms with Gasteiger partial charge in [-0.15, -0.1) is 0 Å². The molecule has 1 N–H and O–H groups in total. The lowest BCUT2D eigenvalue weighted by atomic mass is 10.0. The molecule has 2 heterocycles. The average Bonchev–Trinajstić information content (AvgIpc) is 2.87. The molecule has 0 spiro atoms.